The lowest BCUT2D eigenvalue weighted by atomic mass is 10.1. The van der Waals surface area contributed by atoms with Gasteiger partial charge in [0, 0.05) is 13.1 Å². The van der Waals surface area contributed by atoms with Crippen molar-refractivity contribution in [2.75, 3.05) is 30.8 Å². The van der Waals surface area contributed by atoms with E-state index in [-0.39, 0.29) is 12.0 Å². The van der Waals surface area contributed by atoms with Gasteiger partial charge in [-0.25, -0.2) is 0 Å². The van der Waals surface area contributed by atoms with Crippen LogP contribution >= 0.6 is 0 Å². The fourth-order valence-corrected chi connectivity index (χ4v) is 1.38. The van der Waals surface area contributed by atoms with Crippen LogP contribution in [0.3, 0.4) is 0 Å². The molecule has 0 atom stereocenters. The monoisotopic (exact) mass is 241 g/mol. The van der Waals surface area contributed by atoms with Crippen molar-refractivity contribution in [1.82, 2.24) is 15.0 Å². The van der Waals surface area contributed by atoms with Crippen molar-refractivity contribution in [3.63, 3.8) is 0 Å². The van der Waals surface area contributed by atoms with Crippen LogP contribution in [-0.4, -0.2) is 45.9 Å². The molecule has 0 unspecified atom stereocenters. The molecule has 0 amide bonds. The number of aromatic nitrogens is 3. The summed E-state index contributed by atoms with van der Waals surface area (Å²) in [5.74, 6) is 0.500. The Morgan fingerprint density at radius 1 is 1.35 bits per heavy atom. The standard InChI is InChI=1S/C10H19N5O2/c1-5-15(6-10(2,3)16)8-12-7(11)13-9(14-8)17-4/h16H,5-6H2,1-4H3,(H2,11,12,13,14). The molecule has 0 aliphatic heterocycles. The largest absolute Gasteiger partial charge is 0.467 e. The maximum atomic E-state index is 9.80. The van der Waals surface area contributed by atoms with Gasteiger partial charge in [-0.1, -0.05) is 0 Å². The normalized spacial score (nSPS) is 11.4. The minimum atomic E-state index is -0.843. The summed E-state index contributed by atoms with van der Waals surface area (Å²) in [7, 11) is 1.46. The Kier molecular flexibility index (Phi) is 4.06. The summed E-state index contributed by atoms with van der Waals surface area (Å²) in [6, 6.07) is 0.168. The predicted octanol–water partition coefficient (Wildman–Crippen LogP) is 0.0596. The van der Waals surface area contributed by atoms with Crippen LogP contribution < -0.4 is 15.4 Å². The topological polar surface area (TPSA) is 97.4 Å². The molecule has 0 aliphatic carbocycles. The third-order valence-corrected chi connectivity index (χ3v) is 2.05. The molecular formula is C10H19N5O2. The van der Waals surface area contributed by atoms with E-state index < -0.39 is 5.60 Å². The number of aliphatic hydroxyl groups is 1. The minimum absolute atomic E-state index is 0.0982. The van der Waals surface area contributed by atoms with Gasteiger partial charge in [-0.15, -0.1) is 0 Å². The first-order chi connectivity index (χ1) is 7.85. The summed E-state index contributed by atoms with van der Waals surface area (Å²) in [5.41, 5.74) is 4.72. The average molecular weight is 241 g/mol. The quantitative estimate of drug-likeness (QED) is 0.752. The molecule has 1 aromatic rings. The summed E-state index contributed by atoms with van der Waals surface area (Å²) in [4.78, 5) is 13.7. The third kappa shape index (κ3) is 4.03. The molecule has 0 fully saturated rings. The molecule has 0 aliphatic rings. The summed E-state index contributed by atoms with van der Waals surface area (Å²) in [6.45, 7) is 6.43. The van der Waals surface area contributed by atoms with Crippen LogP contribution in [-0.2, 0) is 0 Å². The molecule has 0 saturated carbocycles. The number of rotatable bonds is 5. The van der Waals surface area contributed by atoms with E-state index in [0.29, 0.717) is 19.0 Å². The summed E-state index contributed by atoms with van der Waals surface area (Å²) in [5, 5.41) is 9.80. The van der Waals surface area contributed by atoms with E-state index in [2.05, 4.69) is 15.0 Å². The Morgan fingerprint density at radius 3 is 2.47 bits per heavy atom. The Balaban J connectivity index is 2.99. The lowest BCUT2D eigenvalue weighted by Gasteiger charge is -2.28. The number of likely N-dealkylation sites (N-methyl/N-ethyl adjacent to an activating group) is 1. The van der Waals surface area contributed by atoms with Crippen molar-refractivity contribution in [3.8, 4) is 6.01 Å². The third-order valence-electron chi connectivity index (χ3n) is 2.05. The molecule has 0 saturated heterocycles. The van der Waals surface area contributed by atoms with Gasteiger partial charge in [-0.3, -0.25) is 0 Å². The van der Waals surface area contributed by atoms with Gasteiger partial charge < -0.3 is 20.5 Å². The Labute approximate surface area is 101 Å². The van der Waals surface area contributed by atoms with Gasteiger partial charge in [0.2, 0.25) is 11.9 Å². The van der Waals surface area contributed by atoms with Crippen molar-refractivity contribution in [1.29, 1.82) is 0 Å². The molecule has 0 bridgehead atoms. The highest BCUT2D eigenvalue weighted by Gasteiger charge is 2.20. The maximum Gasteiger partial charge on any atom is 0.322 e. The SMILES string of the molecule is CCN(CC(C)(C)O)c1nc(N)nc(OC)n1. The highest BCUT2D eigenvalue weighted by Crippen LogP contribution is 2.15. The maximum absolute atomic E-state index is 9.80. The van der Waals surface area contributed by atoms with Crippen LogP contribution in [0.5, 0.6) is 6.01 Å². The molecule has 0 radical (unpaired) electrons. The molecule has 96 valence electrons. The van der Waals surface area contributed by atoms with Gasteiger partial charge in [-0.05, 0) is 20.8 Å². The van der Waals surface area contributed by atoms with Crippen LogP contribution in [0.15, 0.2) is 0 Å². The molecule has 1 heterocycles. The molecule has 0 aromatic carbocycles. The second kappa shape index (κ2) is 5.13. The number of hydrogen-bond donors (Lipinski definition) is 2. The van der Waals surface area contributed by atoms with E-state index in [1.165, 1.54) is 7.11 Å². The molecular weight excluding hydrogens is 222 g/mol. The molecule has 0 spiro atoms. The zero-order valence-corrected chi connectivity index (χ0v) is 10.6. The number of nitrogen functional groups attached to an aromatic ring is 1. The smallest absolute Gasteiger partial charge is 0.322 e. The fraction of sp³-hybridized carbons (Fsp3) is 0.700. The van der Waals surface area contributed by atoms with Crippen LogP contribution in [0.1, 0.15) is 20.8 Å². The van der Waals surface area contributed by atoms with Crippen molar-refractivity contribution in [3.05, 3.63) is 0 Å². The van der Waals surface area contributed by atoms with Gasteiger partial charge in [0.15, 0.2) is 0 Å². The lowest BCUT2D eigenvalue weighted by Crippen LogP contribution is -2.39. The zero-order valence-electron chi connectivity index (χ0n) is 10.6. The van der Waals surface area contributed by atoms with E-state index in [0.717, 1.165) is 0 Å². The van der Waals surface area contributed by atoms with Crippen molar-refractivity contribution in [2.45, 2.75) is 26.4 Å². The first kappa shape index (κ1) is 13.4. The summed E-state index contributed by atoms with van der Waals surface area (Å²) >= 11 is 0. The van der Waals surface area contributed by atoms with Crippen LogP contribution in [0.25, 0.3) is 0 Å². The minimum Gasteiger partial charge on any atom is -0.467 e. The van der Waals surface area contributed by atoms with Gasteiger partial charge in [0.1, 0.15) is 0 Å². The number of nitrogens with two attached hydrogens (primary N) is 1. The number of anilines is 2. The van der Waals surface area contributed by atoms with Gasteiger partial charge in [-0.2, -0.15) is 15.0 Å². The van der Waals surface area contributed by atoms with Gasteiger partial charge in [0.25, 0.3) is 0 Å². The van der Waals surface area contributed by atoms with E-state index >= 15 is 0 Å². The average Bonchev–Trinajstić information content (AvgIpc) is 2.23. The van der Waals surface area contributed by atoms with Crippen molar-refractivity contribution in [2.24, 2.45) is 0 Å². The van der Waals surface area contributed by atoms with Crippen molar-refractivity contribution >= 4 is 11.9 Å². The molecule has 17 heavy (non-hydrogen) atoms. The summed E-state index contributed by atoms with van der Waals surface area (Å²) in [6.07, 6.45) is 0. The molecule has 1 aromatic heterocycles. The van der Waals surface area contributed by atoms with Gasteiger partial charge in [0.05, 0.1) is 12.7 Å². The van der Waals surface area contributed by atoms with E-state index in [4.69, 9.17) is 10.5 Å². The fourth-order valence-electron chi connectivity index (χ4n) is 1.38. The summed E-state index contributed by atoms with van der Waals surface area (Å²) < 4.78 is 4.93. The number of nitrogens with zero attached hydrogens (tertiary/aromatic N) is 4. The predicted molar refractivity (Wildman–Crippen MR) is 65.0 cm³/mol. The second-order valence-corrected chi connectivity index (χ2v) is 4.31. The second-order valence-electron chi connectivity index (χ2n) is 4.31. The zero-order chi connectivity index (χ0) is 13.1. The van der Waals surface area contributed by atoms with Gasteiger partial charge >= 0.3 is 6.01 Å². The number of methoxy groups -OCH3 is 1. The first-order valence-corrected chi connectivity index (χ1v) is 5.38. The van der Waals surface area contributed by atoms with E-state index in [1.54, 1.807) is 18.7 Å². The Bertz CT molecular complexity index is 377. The Morgan fingerprint density at radius 2 is 2.00 bits per heavy atom. The Hall–Kier alpha value is -1.63. The molecule has 7 heteroatoms. The molecule has 1 rings (SSSR count). The van der Waals surface area contributed by atoms with Crippen LogP contribution in [0.4, 0.5) is 11.9 Å². The molecule has 3 N–H and O–H groups in total. The number of ether oxygens (including phenoxy) is 1. The first-order valence-electron chi connectivity index (χ1n) is 5.38. The van der Waals surface area contributed by atoms with Crippen LogP contribution in [0.2, 0.25) is 0 Å². The highest BCUT2D eigenvalue weighted by molar-refractivity contribution is 5.36. The lowest BCUT2D eigenvalue weighted by molar-refractivity contribution is 0.0871. The van der Waals surface area contributed by atoms with Crippen molar-refractivity contribution < 1.29 is 9.84 Å². The number of hydrogen-bond acceptors (Lipinski definition) is 7. The highest BCUT2D eigenvalue weighted by atomic mass is 16.5. The van der Waals surface area contributed by atoms with E-state index in [1.807, 2.05) is 6.92 Å². The molecule has 7 nitrogen and oxygen atoms in total. The van der Waals surface area contributed by atoms with E-state index in [9.17, 15) is 5.11 Å². The van der Waals surface area contributed by atoms with Crippen LogP contribution in [0, 0.1) is 0 Å².